The number of carbonyl (C=O) groups is 1. The molecule has 1 aliphatic rings. The average Bonchev–Trinajstić information content (AvgIpc) is 2.68. The Morgan fingerprint density at radius 1 is 0.931 bits per heavy atom. The number of carbonyl (C=O) groups excluding carboxylic acids is 1. The van der Waals surface area contributed by atoms with Crippen molar-refractivity contribution in [2.75, 3.05) is 18.4 Å². The molecule has 0 bridgehead atoms. The van der Waals surface area contributed by atoms with Gasteiger partial charge in [0.05, 0.1) is 9.79 Å². The number of amides is 1. The minimum atomic E-state index is -3.81. The number of halogens is 1. The van der Waals surface area contributed by atoms with Gasteiger partial charge in [-0.2, -0.15) is 4.31 Å². The number of anilines is 1. The van der Waals surface area contributed by atoms with Crippen LogP contribution in [0.3, 0.4) is 0 Å². The Kier molecular flexibility index (Phi) is 6.03. The minimum Gasteiger partial charge on any atom is -0.326 e. The van der Waals surface area contributed by atoms with E-state index in [-0.39, 0.29) is 34.7 Å². The Morgan fingerprint density at radius 2 is 1.45 bits per heavy atom. The number of nitrogens with one attached hydrogen (secondary N) is 1. The Bertz CT molecular complexity index is 1090. The van der Waals surface area contributed by atoms with Crippen LogP contribution in [0, 0.1) is 11.7 Å². The molecule has 2 aromatic rings. The standard InChI is InChI=1S/C18H20FN3O5S2/c19-14-1-5-17(6-2-14)29(26,27)22-11-9-13(10-12-22)18(23)21-15-3-7-16(8-4-15)28(20,24)25/h1-8,13H,9-12H2,(H,21,23)(H2,20,24,25). The number of primary sulfonamides is 1. The molecule has 1 heterocycles. The molecule has 0 atom stereocenters. The highest BCUT2D eigenvalue weighted by atomic mass is 32.2. The van der Waals surface area contributed by atoms with Gasteiger partial charge in [-0.1, -0.05) is 0 Å². The summed E-state index contributed by atoms with van der Waals surface area (Å²) in [6, 6.07) is 10.1. The summed E-state index contributed by atoms with van der Waals surface area (Å²) in [7, 11) is -7.55. The van der Waals surface area contributed by atoms with Gasteiger partial charge in [-0.3, -0.25) is 4.79 Å². The molecule has 1 amide bonds. The zero-order chi connectivity index (χ0) is 21.2. The first-order valence-electron chi connectivity index (χ1n) is 8.77. The zero-order valence-corrected chi connectivity index (χ0v) is 16.9. The number of nitrogens with zero attached hydrogens (tertiary/aromatic N) is 1. The lowest BCUT2D eigenvalue weighted by Crippen LogP contribution is -2.41. The molecule has 0 unspecified atom stereocenters. The smallest absolute Gasteiger partial charge is 0.243 e. The molecule has 3 N–H and O–H groups in total. The summed E-state index contributed by atoms with van der Waals surface area (Å²) in [6.07, 6.45) is 0.670. The zero-order valence-electron chi connectivity index (χ0n) is 15.3. The Morgan fingerprint density at radius 3 is 1.97 bits per heavy atom. The Balaban J connectivity index is 1.60. The van der Waals surface area contributed by atoms with E-state index in [0.717, 1.165) is 12.1 Å². The van der Waals surface area contributed by atoms with Crippen molar-refractivity contribution in [1.29, 1.82) is 0 Å². The third kappa shape index (κ3) is 4.99. The van der Waals surface area contributed by atoms with Gasteiger partial charge in [-0.25, -0.2) is 26.4 Å². The molecule has 2 aromatic carbocycles. The number of hydrogen-bond acceptors (Lipinski definition) is 5. The van der Waals surface area contributed by atoms with Crippen molar-refractivity contribution in [3.05, 3.63) is 54.3 Å². The van der Waals surface area contributed by atoms with Gasteiger partial charge in [0.15, 0.2) is 0 Å². The van der Waals surface area contributed by atoms with Crippen LogP contribution >= 0.6 is 0 Å². The van der Waals surface area contributed by atoms with Crippen LogP contribution in [0.25, 0.3) is 0 Å². The van der Waals surface area contributed by atoms with Crippen LogP contribution in [0.5, 0.6) is 0 Å². The first-order chi connectivity index (χ1) is 13.6. The molecular weight excluding hydrogens is 421 g/mol. The van der Waals surface area contributed by atoms with Crippen molar-refractivity contribution < 1.29 is 26.0 Å². The van der Waals surface area contributed by atoms with Gasteiger partial charge in [0.1, 0.15) is 5.82 Å². The van der Waals surface area contributed by atoms with Crippen molar-refractivity contribution >= 4 is 31.6 Å². The third-order valence-corrected chi connectivity index (χ3v) is 7.57. The van der Waals surface area contributed by atoms with E-state index in [1.54, 1.807) is 0 Å². The molecule has 0 saturated carbocycles. The number of benzene rings is 2. The van der Waals surface area contributed by atoms with Crippen molar-refractivity contribution in [1.82, 2.24) is 4.31 Å². The van der Waals surface area contributed by atoms with Gasteiger partial charge in [-0.05, 0) is 61.4 Å². The van der Waals surface area contributed by atoms with Crippen molar-refractivity contribution in [3.8, 4) is 0 Å². The monoisotopic (exact) mass is 441 g/mol. The average molecular weight is 442 g/mol. The van der Waals surface area contributed by atoms with E-state index >= 15 is 0 Å². The lowest BCUT2D eigenvalue weighted by atomic mass is 9.97. The van der Waals surface area contributed by atoms with Gasteiger partial charge < -0.3 is 5.32 Å². The molecule has 1 saturated heterocycles. The number of sulfonamides is 2. The maximum Gasteiger partial charge on any atom is 0.243 e. The molecule has 29 heavy (non-hydrogen) atoms. The molecule has 0 aliphatic carbocycles. The topological polar surface area (TPSA) is 127 Å². The van der Waals surface area contributed by atoms with E-state index in [2.05, 4.69) is 5.32 Å². The first kappa shape index (κ1) is 21.4. The molecule has 1 fully saturated rings. The second kappa shape index (κ2) is 8.19. The molecule has 0 spiro atoms. The maximum atomic E-state index is 13.0. The highest BCUT2D eigenvalue weighted by Gasteiger charge is 2.32. The summed E-state index contributed by atoms with van der Waals surface area (Å²) < 4.78 is 62.1. The van der Waals surface area contributed by atoms with Gasteiger partial charge in [0, 0.05) is 24.7 Å². The fourth-order valence-electron chi connectivity index (χ4n) is 3.09. The second-order valence-electron chi connectivity index (χ2n) is 6.69. The normalized spacial score (nSPS) is 16.5. The number of nitrogens with two attached hydrogens (primary N) is 1. The number of rotatable bonds is 5. The lowest BCUT2D eigenvalue weighted by molar-refractivity contribution is -0.120. The predicted octanol–water partition coefficient (Wildman–Crippen LogP) is 1.51. The molecule has 156 valence electrons. The van der Waals surface area contributed by atoms with Crippen LogP contribution < -0.4 is 10.5 Å². The molecule has 1 aliphatic heterocycles. The maximum absolute atomic E-state index is 13.0. The second-order valence-corrected chi connectivity index (χ2v) is 10.2. The van der Waals surface area contributed by atoms with E-state index in [0.29, 0.717) is 18.5 Å². The Labute approximate surface area is 168 Å². The molecule has 3 rings (SSSR count). The van der Waals surface area contributed by atoms with E-state index < -0.39 is 25.9 Å². The number of hydrogen-bond donors (Lipinski definition) is 2. The van der Waals surface area contributed by atoms with Crippen molar-refractivity contribution in [2.45, 2.75) is 22.6 Å². The molecule has 8 nitrogen and oxygen atoms in total. The van der Waals surface area contributed by atoms with Gasteiger partial charge in [-0.15, -0.1) is 0 Å². The fraction of sp³-hybridized carbons (Fsp3) is 0.278. The summed E-state index contributed by atoms with van der Waals surface area (Å²) in [4.78, 5) is 12.4. The van der Waals surface area contributed by atoms with Gasteiger partial charge in [0.25, 0.3) is 0 Å². The number of piperidine rings is 1. The summed E-state index contributed by atoms with van der Waals surface area (Å²) in [5.74, 6) is -1.17. The van der Waals surface area contributed by atoms with E-state index in [9.17, 15) is 26.0 Å². The highest BCUT2D eigenvalue weighted by molar-refractivity contribution is 7.89. The van der Waals surface area contributed by atoms with Crippen LogP contribution in [0.4, 0.5) is 10.1 Å². The molecule has 11 heteroatoms. The highest BCUT2D eigenvalue weighted by Crippen LogP contribution is 2.25. The third-order valence-electron chi connectivity index (χ3n) is 4.73. The van der Waals surface area contributed by atoms with Gasteiger partial charge >= 0.3 is 0 Å². The predicted molar refractivity (Wildman–Crippen MR) is 104 cm³/mol. The van der Waals surface area contributed by atoms with Crippen LogP contribution in [-0.2, 0) is 24.8 Å². The van der Waals surface area contributed by atoms with Crippen molar-refractivity contribution in [3.63, 3.8) is 0 Å². The van der Waals surface area contributed by atoms with E-state index in [4.69, 9.17) is 5.14 Å². The quantitative estimate of drug-likeness (QED) is 0.727. The van der Waals surface area contributed by atoms with Gasteiger partial charge in [0.2, 0.25) is 26.0 Å². The lowest BCUT2D eigenvalue weighted by Gasteiger charge is -2.30. The largest absolute Gasteiger partial charge is 0.326 e. The SMILES string of the molecule is NS(=O)(=O)c1ccc(NC(=O)C2CCN(S(=O)(=O)c3ccc(F)cc3)CC2)cc1. The van der Waals surface area contributed by atoms with Crippen LogP contribution in [0.15, 0.2) is 58.3 Å². The van der Waals surface area contributed by atoms with Crippen molar-refractivity contribution in [2.24, 2.45) is 11.1 Å². The van der Waals surface area contributed by atoms with E-state index in [1.807, 2.05) is 0 Å². The van der Waals surface area contributed by atoms with Crippen LogP contribution in [0.2, 0.25) is 0 Å². The van der Waals surface area contributed by atoms with Crippen LogP contribution in [-0.4, -0.2) is 40.1 Å². The molecule has 0 aromatic heterocycles. The first-order valence-corrected chi connectivity index (χ1v) is 11.8. The van der Waals surface area contributed by atoms with E-state index in [1.165, 1.54) is 40.7 Å². The summed E-state index contributed by atoms with van der Waals surface area (Å²) in [5, 5.41) is 7.73. The summed E-state index contributed by atoms with van der Waals surface area (Å²) in [6.45, 7) is 0.338. The molecular formula is C18H20FN3O5S2. The van der Waals surface area contributed by atoms with Crippen LogP contribution in [0.1, 0.15) is 12.8 Å². The summed E-state index contributed by atoms with van der Waals surface area (Å²) in [5.41, 5.74) is 0.420. The summed E-state index contributed by atoms with van der Waals surface area (Å²) >= 11 is 0. The fourth-order valence-corrected chi connectivity index (χ4v) is 5.07. The molecule has 0 radical (unpaired) electrons. The minimum absolute atomic E-state index is 0.0109. The Hall–Kier alpha value is -2.34.